The lowest BCUT2D eigenvalue weighted by Crippen LogP contribution is -2.24. The zero-order valence-corrected chi connectivity index (χ0v) is 11.4. The fraction of sp³-hybridized carbons (Fsp3) is 0.286. The van der Waals surface area contributed by atoms with Crippen molar-refractivity contribution in [1.29, 1.82) is 0 Å². The maximum atomic E-state index is 5.93. The van der Waals surface area contributed by atoms with Crippen LogP contribution in [0.2, 0.25) is 5.15 Å². The molecular weight excluding hydrogens is 264 g/mol. The number of hydrogen-bond acceptors (Lipinski definition) is 4. The van der Waals surface area contributed by atoms with Crippen LogP contribution in [0.3, 0.4) is 0 Å². The van der Waals surface area contributed by atoms with E-state index in [1.807, 2.05) is 18.2 Å². The summed E-state index contributed by atoms with van der Waals surface area (Å²) < 4.78 is 11.7. The summed E-state index contributed by atoms with van der Waals surface area (Å²) in [5, 5.41) is 0.346. The Hall–Kier alpha value is -1.81. The number of rotatable bonds is 2. The van der Waals surface area contributed by atoms with E-state index in [0.717, 1.165) is 17.7 Å². The van der Waals surface area contributed by atoms with Gasteiger partial charge in [0.2, 0.25) is 5.88 Å². The summed E-state index contributed by atoms with van der Waals surface area (Å²) in [7, 11) is 0. The standard InChI is InChI=1S/C14H13ClN2O2/c1-14(2)7-9-4-3-5-10(13(9)19-14)18-12-6-11(15)16-8-17-12/h3-6,8H,7H2,1-2H3. The molecule has 1 aromatic carbocycles. The lowest BCUT2D eigenvalue weighted by Gasteiger charge is -2.18. The van der Waals surface area contributed by atoms with E-state index in [4.69, 9.17) is 21.1 Å². The average Bonchev–Trinajstić information content (AvgIpc) is 2.64. The molecule has 98 valence electrons. The number of para-hydroxylation sites is 1. The van der Waals surface area contributed by atoms with Crippen molar-refractivity contribution in [2.75, 3.05) is 0 Å². The van der Waals surface area contributed by atoms with Crippen LogP contribution in [-0.4, -0.2) is 15.6 Å². The van der Waals surface area contributed by atoms with Gasteiger partial charge in [-0.3, -0.25) is 0 Å². The van der Waals surface area contributed by atoms with Crippen molar-refractivity contribution in [3.05, 3.63) is 41.3 Å². The Morgan fingerprint density at radius 2 is 2.16 bits per heavy atom. The highest BCUT2D eigenvalue weighted by atomic mass is 35.5. The minimum atomic E-state index is -0.203. The average molecular weight is 277 g/mol. The topological polar surface area (TPSA) is 44.2 Å². The Bertz CT molecular complexity index is 629. The molecule has 2 heterocycles. The second kappa shape index (κ2) is 4.38. The molecule has 1 aromatic heterocycles. The highest BCUT2D eigenvalue weighted by molar-refractivity contribution is 6.29. The zero-order chi connectivity index (χ0) is 13.5. The number of ether oxygens (including phenoxy) is 2. The first-order valence-electron chi connectivity index (χ1n) is 6.00. The predicted octanol–water partition coefficient (Wildman–Crippen LogP) is 3.64. The molecule has 3 rings (SSSR count). The molecule has 2 aromatic rings. The Morgan fingerprint density at radius 3 is 2.95 bits per heavy atom. The molecule has 4 nitrogen and oxygen atoms in total. The quantitative estimate of drug-likeness (QED) is 0.786. The van der Waals surface area contributed by atoms with Crippen molar-refractivity contribution >= 4 is 11.6 Å². The molecule has 0 saturated carbocycles. The number of nitrogens with zero attached hydrogens (tertiary/aromatic N) is 2. The number of hydrogen-bond donors (Lipinski definition) is 0. The molecule has 0 amide bonds. The third-order valence-corrected chi connectivity index (χ3v) is 3.08. The minimum Gasteiger partial charge on any atom is -0.483 e. The molecule has 0 bridgehead atoms. The maximum absolute atomic E-state index is 5.93. The van der Waals surface area contributed by atoms with Crippen molar-refractivity contribution < 1.29 is 9.47 Å². The van der Waals surface area contributed by atoms with Crippen LogP contribution < -0.4 is 9.47 Å². The lowest BCUT2D eigenvalue weighted by molar-refractivity contribution is 0.135. The van der Waals surface area contributed by atoms with E-state index in [9.17, 15) is 0 Å². The summed E-state index contributed by atoms with van der Waals surface area (Å²) in [6.45, 7) is 4.11. The van der Waals surface area contributed by atoms with Gasteiger partial charge in [-0.15, -0.1) is 0 Å². The first-order chi connectivity index (χ1) is 9.03. The van der Waals surface area contributed by atoms with Crippen LogP contribution in [0.4, 0.5) is 0 Å². The monoisotopic (exact) mass is 276 g/mol. The van der Waals surface area contributed by atoms with Gasteiger partial charge >= 0.3 is 0 Å². The van der Waals surface area contributed by atoms with Gasteiger partial charge in [0, 0.05) is 18.1 Å². The molecule has 0 N–H and O–H groups in total. The van der Waals surface area contributed by atoms with Gasteiger partial charge in [0.1, 0.15) is 17.1 Å². The number of fused-ring (bicyclic) bond motifs is 1. The van der Waals surface area contributed by atoms with Crippen LogP contribution in [0, 0.1) is 0 Å². The first kappa shape index (κ1) is 12.2. The SMILES string of the molecule is CC1(C)Cc2cccc(Oc3cc(Cl)ncn3)c2O1. The predicted molar refractivity (Wildman–Crippen MR) is 72.0 cm³/mol. The van der Waals surface area contributed by atoms with Gasteiger partial charge in [0.15, 0.2) is 11.5 Å². The third kappa shape index (κ3) is 2.49. The highest BCUT2D eigenvalue weighted by Crippen LogP contribution is 2.43. The van der Waals surface area contributed by atoms with Crippen molar-refractivity contribution in [1.82, 2.24) is 9.97 Å². The number of benzene rings is 1. The van der Waals surface area contributed by atoms with E-state index in [0.29, 0.717) is 16.8 Å². The van der Waals surface area contributed by atoms with Crippen molar-refractivity contribution in [2.24, 2.45) is 0 Å². The molecule has 0 atom stereocenters. The number of aromatic nitrogens is 2. The number of halogens is 1. The summed E-state index contributed by atoms with van der Waals surface area (Å²) >= 11 is 5.81. The van der Waals surface area contributed by atoms with E-state index in [-0.39, 0.29) is 5.60 Å². The van der Waals surface area contributed by atoms with E-state index in [1.54, 1.807) is 6.07 Å². The van der Waals surface area contributed by atoms with E-state index in [1.165, 1.54) is 6.33 Å². The highest BCUT2D eigenvalue weighted by Gasteiger charge is 2.32. The van der Waals surface area contributed by atoms with Crippen LogP contribution in [-0.2, 0) is 6.42 Å². The summed E-state index contributed by atoms with van der Waals surface area (Å²) in [4.78, 5) is 7.84. The summed E-state index contributed by atoms with van der Waals surface area (Å²) in [6, 6.07) is 7.42. The van der Waals surface area contributed by atoms with Crippen LogP contribution in [0.1, 0.15) is 19.4 Å². The Kier molecular flexibility index (Phi) is 2.82. The second-order valence-electron chi connectivity index (χ2n) is 5.06. The Labute approximate surface area is 116 Å². The summed E-state index contributed by atoms with van der Waals surface area (Å²) in [5.41, 5.74) is 0.938. The molecular formula is C14H13ClN2O2. The lowest BCUT2D eigenvalue weighted by atomic mass is 10.0. The summed E-state index contributed by atoms with van der Waals surface area (Å²) in [5.74, 6) is 1.83. The maximum Gasteiger partial charge on any atom is 0.223 e. The third-order valence-electron chi connectivity index (χ3n) is 2.88. The van der Waals surface area contributed by atoms with Crippen LogP contribution >= 0.6 is 11.6 Å². The van der Waals surface area contributed by atoms with Gasteiger partial charge in [-0.1, -0.05) is 23.7 Å². The Morgan fingerprint density at radius 1 is 1.32 bits per heavy atom. The molecule has 1 aliphatic heterocycles. The van der Waals surface area contributed by atoms with Crippen LogP contribution in [0.5, 0.6) is 17.4 Å². The molecule has 0 unspecified atom stereocenters. The van der Waals surface area contributed by atoms with E-state index < -0.39 is 0 Å². The molecule has 0 saturated heterocycles. The van der Waals surface area contributed by atoms with Crippen molar-refractivity contribution in [3.8, 4) is 17.4 Å². The van der Waals surface area contributed by atoms with Crippen LogP contribution in [0.15, 0.2) is 30.6 Å². The normalized spacial score (nSPS) is 15.7. The molecule has 19 heavy (non-hydrogen) atoms. The molecule has 0 spiro atoms. The largest absolute Gasteiger partial charge is 0.483 e. The smallest absolute Gasteiger partial charge is 0.223 e. The van der Waals surface area contributed by atoms with Gasteiger partial charge < -0.3 is 9.47 Å². The minimum absolute atomic E-state index is 0.203. The van der Waals surface area contributed by atoms with Gasteiger partial charge in [0.05, 0.1) is 0 Å². The van der Waals surface area contributed by atoms with E-state index >= 15 is 0 Å². The molecule has 0 fully saturated rings. The molecule has 5 heteroatoms. The van der Waals surface area contributed by atoms with Gasteiger partial charge in [0.25, 0.3) is 0 Å². The van der Waals surface area contributed by atoms with Gasteiger partial charge in [-0.05, 0) is 19.9 Å². The summed E-state index contributed by atoms with van der Waals surface area (Å²) in [6.07, 6.45) is 2.23. The van der Waals surface area contributed by atoms with Crippen molar-refractivity contribution in [3.63, 3.8) is 0 Å². The first-order valence-corrected chi connectivity index (χ1v) is 6.38. The molecule has 0 radical (unpaired) electrons. The van der Waals surface area contributed by atoms with Gasteiger partial charge in [-0.25, -0.2) is 9.97 Å². The second-order valence-corrected chi connectivity index (χ2v) is 5.45. The fourth-order valence-corrected chi connectivity index (χ4v) is 2.29. The zero-order valence-electron chi connectivity index (χ0n) is 10.7. The van der Waals surface area contributed by atoms with Crippen molar-refractivity contribution in [2.45, 2.75) is 25.9 Å². The molecule has 0 aliphatic carbocycles. The molecule has 1 aliphatic rings. The Balaban J connectivity index is 1.94. The fourth-order valence-electron chi connectivity index (χ4n) is 2.15. The van der Waals surface area contributed by atoms with Crippen LogP contribution in [0.25, 0.3) is 0 Å². The van der Waals surface area contributed by atoms with Gasteiger partial charge in [-0.2, -0.15) is 0 Å². The van der Waals surface area contributed by atoms with E-state index in [2.05, 4.69) is 23.8 Å².